The SMILES string of the molecule is CC(=O)OCC1(COC(C)=O)C[C@H]2[C@H](c3ccccc3)[C@H](C#N)C(C#N)=C(C)[C@@H]2C1. The van der Waals surface area contributed by atoms with Crippen molar-refractivity contribution < 1.29 is 19.1 Å². The smallest absolute Gasteiger partial charge is 0.302 e. The number of benzene rings is 1. The van der Waals surface area contributed by atoms with E-state index in [0.717, 1.165) is 11.1 Å². The molecular weight excluding hydrogens is 380 g/mol. The number of ether oxygens (including phenoxy) is 2. The molecule has 0 heterocycles. The molecular formula is C24H26N2O4. The molecule has 6 heteroatoms. The third kappa shape index (κ3) is 4.09. The Morgan fingerprint density at radius 2 is 1.67 bits per heavy atom. The van der Waals surface area contributed by atoms with Crippen LogP contribution in [0, 0.1) is 45.8 Å². The molecule has 0 bridgehead atoms. The maximum Gasteiger partial charge on any atom is 0.302 e. The number of esters is 2. The molecule has 3 rings (SSSR count). The van der Waals surface area contributed by atoms with Gasteiger partial charge in [0.2, 0.25) is 0 Å². The van der Waals surface area contributed by atoms with Crippen LogP contribution >= 0.6 is 0 Å². The second-order valence-electron chi connectivity index (χ2n) is 8.49. The second kappa shape index (κ2) is 8.71. The van der Waals surface area contributed by atoms with E-state index in [1.807, 2.05) is 37.3 Å². The minimum atomic E-state index is -0.536. The van der Waals surface area contributed by atoms with Gasteiger partial charge in [-0.1, -0.05) is 35.9 Å². The zero-order chi connectivity index (χ0) is 21.9. The van der Waals surface area contributed by atoms with E-state index >= 15 is 0 Å². The molecule has 30 heavy (non-hydrogen) atoms. The molecule has 0 radical (unpaired) electrons. The summed E-state index contributed by atoms with van der Waals surface area (Å²) < 4.78 is 10.7. The normalized spacial score (nSPS) is 26.8. The zero-order valence-corrected chi connectivity index (χ0v) is 17.6. The van der Waals surface area contributed by atoms with Crippen LogP contribution in [0.3, 0.4) is 0 Å². The van der Waals surface area contributed by atoms with E-state index in [4.69, 9.17) is 9.47 Å². The fraction of sp³-hybridized carbons (Fsp3) is 0.500. The van der Waals surface area contributed by atoms with Gasteiger partial charge in [0, 0.05) is 30.8 Å². The average Bonchev–Trinajstić information content (AvgIpc) is 3.11. The number of fused-ring (bicyclic) bond motifs is 1. The fourth-order valence-corrected chi connectivity index (χ4v) is 5.27. The summed E-state index contributed by atoms with van der Waals surface area (Å²) in [7, 11) is 0. The van der Waals surface area contributed by atoms with Gasteiger partial charge in [-0.15, -0.1) is 0 Å². The molecule has 6 nitrogen and oxygen atoms in total. The van der Waals surface area contributed by atoms with Gasteiger partial charge in [-0.3, -0.25) is 9.59 Å². The highest BCUT2D eigenvalue weighted by Crippen LogP contribution is 2.59. The molecule has 0 N–H and O–H groups in total. The summed E-state index contributed by atoms with van der Waals surface area (Å²) in [5, 5.41) is 19.8. The summed E-state index contributed by atoms with van der Waals surface area (Å²) in [5.74, 6) is -1.30. The molecule has 4 atom stereocenters. The summed E-state index contributed by atoms with van der Waals surface area (Å²) in [6.45, 7) is 4.94. The molecule has 0 saturated heterocycles. The fourth-order valence-electron chi connectivity index (χ4n) is 5.27. The molecule has 0 spiro atoms. The predicted octanol–water partition coefficient (Wildman–Crippen LogP) is 3.90. The number of carbonyl (C=O) groups is 2. The quantitative estimate of drug-likeness (QED) is 0.688. The van der Waals surface area contributed by atoms with Crippen molar-refractivity contribution in [3.05, 3.63) is 47.0 Å². The van der Waals surface area contributed by atoms with Gasteiger partial charge in [-0.25, -0.2) is 0 Å². The third-order valence-electron chi connectivity index (χ3n) is 6.56. The van der Waals surface area contributed by atoms with Crippen molar-refractivity contribution in [3.63, 3.8) is 0 Å². The molecule has 1 fully saturated rings. The Balaban J connectivity index is 2.06. The molecule has 0 aromatic heterocycles. The van der Waals surface area contributed by atoms with Crippen LogP contribution in [-0.4, -0.2) is 25.2 Å². The Kier molecular flexibility index (Phi) is 6.27. The largest absolute Gasteiger partial charge is 0.465 e. The number of nitrogens with zero attached hydrogens (tertiary/aromatic N) is 2. The molecule has 2 aliphatic carbocycles. The van der Waals surface area contributed by atoms with Gasteiger partial charge in [-0.05, 0) is 37.2 Å². The molecule has 1 aromatic rings. The van der Waals surface area contributed by atoms with E-state index in [0.29, 0.717) is 18.4 Å². The van der Waals surface area contributed by atoms with Crippen LogP contribution in [0.4, 0.5) is 0 Å². The standard InChI is InChI=1S/C24H26N2O4/c1-15-19-9-24(13-29-16(2)27,14-30-17(3)28)10-20(19)23(18-7-5-4-6-8-18)22(12-26)21(15)11-25/h4-8,19-20,22-23H,9-10,13-14H2,1-3H3/t19-,20+,22+,23-/m0/s1. The van der Waals surface area contributed by atoms with Crippen molar-refractivity contribution in [2.45, 2.75) is 39.5 Å². The molecule has 2 aliphatic rings. The van der Waals surface area contributed by atoms with E-state index in [1.165, 1.54) is 13.8 Å². The topological polar surface area (TPSA) is 100 Å². The van der Waals surface area contributed by atoms with Gasteiger partial charge in [0.15, 0.2) is 0 Å². The van der Waals surface area contributed by atoms with Crippen molar-refractivity contribution in [3.8, 4) is 12.1 Å². The maximum absolute atomic E-state index is 11.5. The zero-order valence-electron chi connectivity index (χ0n) is 17.6. The number of nitriles is 2. The first-order valence-corrected chi connectivity index (χ1v) is 10.1. The maximum atomic E-state index is 11.5. The lowest BCUT2D eigenvalue weighted by Gasteiger charge is -2.38. The van der Waals surface area contributed by atoms with Gasteiger partial charge in [-0.2, -0.15) is 10.5 Å². The lowest BCUT2D eigenvalue weighted by Crippen LogP contribution is -2.33. The van der Waals surface area contributed by atoms with Crippen LogP contribution in [0.25, 0.3) is 0 Å². The monoisotopic (exact) mass is 406 g/mol. The number of hydrogen-bond donors (Lipinski definition) is 0. The first-order valence-electron chi connectivity index (χ1n) is 10.1. The van der Waals surface area contributed by atoms with E-state index < -0.39 is 11.3 Å². The minimum Gasteiger partial charge on any atom is -0.465 e. The van der Waals surface area contributed by atoms with Crippen LogP contribution in [0.2, 0.25) is 0 Å². The van der Waals surface area contributed by atoms with Crippen molar-refractivity contribution in [2.24, 2.45) is 23.2 Å². The van der Waals surface area contributed by atoms with Gasteiger partial charge in [0.1, 0.15) is 13.2 Å². The van der Waals surface area contributed by atoms with Crippen molar-refractivity contribution in [2.75, 3.05) is 13.2 Å². The van der Waals surface area contributed by atoms with Gasteiger partial charge >= 0.3 is 11.9 Å². The van der Waals surface area contributed by atoms with E-state index in [1.54, 1.807) is 0 Å². The first-order chi connectivity index (χ1) is 14.3. The molecule has 1 aromatic carbocycles. The summed E-state index contributed by atoms with van der Waals surface area (Å²) >= 11 is 0. The Hall–Kier alpha value is -3.12. The Morgan fingerprint density at radius 1 is 1.07 bits per heavy atom. The van der Waals surface area contributed by atoms with Gasteiger partial charge in [0.05, 0.1) is 18.1 Å². The third-order valence-corrected chi connectivity index (χ3v) is 6.56. The summed E-state index contributed by atoms with van der Waals surface area (Å²) in [6.07, 6.45) is 1.28. The predicted molar refractivity (Wildman–Crippen MR) is 109 cm³/mol. The Bertz CT molecular complexity index is 920. The lowest BCUT2D eigenvalue weighted by molar-refractivity contribution is -0.151. The summed E-state index contributed by atoms with van der Waals surface area (Å²) in [4.78, 5) is 23.0. The summed E-state index contributed by atoms with van der Waals surface area (Å²) in [6, 6.07) is 14.5. The van der Waals surface area contributed by atoms with Crippen LogP contribution in [0.1, 0.15) is 45.1 Å². The highest BCUT2D eigenvalue weighted by atomic mass is 16.5. The minimum absolute atomic E-state index is 0.0561. The molecule has 0 amide bonds. The van der Waals surface area contributed by atoms with Crippen molar-refractivity contribution in [1.29, 1.82) is 10.5 Å². The van der Waals surface area contributed by atoms with E-state index in [-0.39, 0.29) is 42.9 Å². The number of rotatable bonds is 5. The van der Waals surface area contributed by atoms with Crippen LogP contribution in [-0.2, 0) is 19.1 Å². The second-order valence-corrected chi connectivity index (χ2v) is 8.49. The van der Waals surface area contributed by atoms with Crippen LogP contribution in [0.5, 0.6) is 0 Å². The summed E-state index contributed by atoms with van der Waals surface area (Å²) in [5.41, 5.74) is 1.94. The van der Waals surface area contributed by atoms with Gasteiger partial charge in [0.25, 0.3) is 0 Å². The lowest BCUT2D eigenvalue weighted by atomic mass is 9.63. The number of carbonyl (C=O) groups excluding carboxylic acids is 2. The molecule has 0 unspecified atom stereocenters. The van der Waals surface area contributed by atoms with E-state index in [9.17, 15) is 20.1 Å². The van der Waals surface area contributed by atoms with E-state index in [2.05, 4.69) is 12.1 Å². The average molecular weight is 406 g/mol. The number of hydrogen-bond acceptors (Lipinski definition) is 6. The highest BCUT2D eigenvalue weighted by Gasteiger charge is 2.54. The molecule has 156 valence electrons. The molecule has 1 saturated carbocycles. The first kappa shape index (κ1) is 21.6. The van der Waals surface area contributed by atoms with Gasteiger partial charge < -0.3 is 9.47 Å². The van der Waals surface area contributed by atoms with Crippen molar-refractivity contribution >= 4 is 11.9 Å². The Morgan fingerprint density at radius 3 is 2.17 bits per heavy atom. The van der Waals surface area contributed by atoms with Crippen LogP contribution in [0.15, 0.2) is 41.5 Å². The number of allylic oxidation sites excluding steroid dienone is 2. The van der Waals surface area contributed by atoms with Crippen LogP contribution < -0.4 is 0 Å². The molecule has 0 aliphatic heterocycles. The highest BCUT2D eigenvalue weighted by molar-refractivity contribution is 5.66. The van der Waals surface area contributed by atoms with Crippen molar-refractivity contribution in [1.82, 2.24) is 0 Å². The Labute approximate surface area is 177 Å².